The standard InChI is InChI=1S/C10H14N2O/c1-13-10-8(3-2-6-12-10)9(11)7-4-5-7/h2-3,6-7,9H,4-5,11H2,1H3/t9-/m0/s1. The van der Waals surface area contributed by atoms with Crippen LogP contribution in [0.2, 0.25) is 0 Å². The van der Waals surface area contributed by atoms with Crippen LogP contribution in [0.15, 0.2) is 18.3 Å². The molecule has 0 unspecified atom stereocenters. The van der Waals surface area contributed by atoms with Gasteiger partial charge in [-0.2, -0.15) is 0 Å². The van der Waals surface area contributed by atoms with E-state index in [-0.39, 0.29) is 6.04 Å². The Bertz CT molecular complexity index is 297. The fourth-order valence-corrected chi connectivity index (χ4v) is 1.54. The highest BCUT2D eigenvalue weighted by Crippen LogP contribution is 2.41. The van der Waals surface area contributed by atoms with E-state index >= 15 is 0 Å². The first-order chi connectivity index (χ1) is 6.33. The van der Waals surface area contributed by atoms with Crippen molar-refractivity contribution in [3.8, 4) is 5.88 Å². The number of pyridine rings is 1. The molecule has 1 heterocycles. The Morgan fingerprint density at radius 3 is 3.00 bits per heavy atom. The maximum Gasteiger partial charge on any atom is 0.217 e. The molecule has 1 atom stereocenters. The molecule has 1 saturated carbocycles. The summed E-state index contributed by atoms with van der Waals surface area (Å²) in [4.78, 5) is 4.13. The van der Waals surface area contributed by atoms with Crippen molar-refractivity contribution >= 4 is 0 Å². The molecule has 13 heavy (non-hydrogen) atoms. The highest BCUT2D eigenvalue weighted by Gasteiger charge is 2.31. The number of hydrogen-bond donors (Lipinski definition) is 1. The smallest absolute Gasteiger partial charge is 0.217 e. The molecule has 2 rings (SSSR count). The maximum atomic E-state index is 6.06. The van der Waals surface area contributed by atoms with Crippen LogP contribution in [0.3, 0.4) is 0 Å². The zero-order valence-electron chi connectivity index (χ0n) is 7.73. The van der Waals surface area contributed by atoms with Gasteiger partial charge < -0.3 is 10.5 Å². The predicted octanol–water partition coefficient (Wildman–Crippen LogP) is 1.50. The first kappa shape index (κ1) is 8.51. The normalized spacial score (nSPS) is 18.3. The van der Waals surface area contributed by atoms with Crippen molar-refractivity contribution in [2.45, 2.75) is 18.9 Å². The minimum absolute atomic E-state index is 0.101. The van der Waals surface area contributed by atoms with E-state index in [2.05, 4.69) is 4.98 Å². The molecule has 0 aliphatic heterocycles. The molecule has 0 saturated heterocycles. The van der Waals surface area contributed by atoms with Gasteiger partial charge in [0.1, 0.15) is 0 Å². The Morgan fingerprint density at radius 1 is 1.62 bits per heavy atom. The second kappa shape index (κ2) is 3.34. The van der Waals surface area contributed by atoms with E-state index in [0.29, 0.717) is 11.8 Å². The molecule has 0 spiro atoms. The molecule has 1 aliphatic rings. The Morgan fingerprint density at radius 2 is 2.38 bits per heavy atom. The second-order valence-electron chi connectivity index (χ2n) is 3.47. The SMILES string of the molecule is COc1ncccc1[C@@H](N)C1CC1. The van der Waals surface area contributed by atoms with Crippen LogP contribution in [0.5, 0.6) is 5.88 Å². The molecule has 0 aromatic carbocycles. The van der Waals surface area contributed by atoms with Crippen LogP contribution in [0.4, 0.5) is 0 Å². The summed E-state index contributed by atoms with van der Waals surface area (Å²) in [7, 11) is 1.63. The van der Waals surface area contributed by atoms with Gasteiger partial charge >= 0.3 is 0 Å². The molecule has 0 bridgehead atoms. The van der Waals surface area contributed by atoms with Gasteiger partial charge in [-0.3, -0.25) is 0 Å². The van der Waals surface area contributed by atoms with Gasteiger partial charge in [0.05, 0.1) is 7.11 Å². The third-order valence-corrected chi connectivity index (χ3v) is 2.48. The molecule has 70 valence electrons. The van der Waals surface area contributed by atoms with Crippen LogP contribution in [0, 0.1) is 5.92 Å². The summed E-state index contributed by atoms with van der Waals surface area (Å²) < 4.78 is 5.15. The van der Waals surface area contributed by atoms with Crippen LogP contribution in [-0.2, 0) is 0 Å². The average Bonchev–Trinajstić information content (AvgIpc) is 3.00. The third kappa shape index (κ3) is 1.65. The fraction of sp³-hybridized carbons (Fsp3) is 0.500. The number of hydrogen-bond acceptors (Lipinski definition) is 3. The summed E-state index contributed by atoms with van der Waals surface area (Å²) >= 11 is 0. The number of rotatable bonds is 3. The van der Waals surface area contributed by atoms with Crippen molar-refractivity contribution in [2.75, 3.05) is 7.11 Å². The fourth-order valence-electron chi connectivity index (χ4n) is 1.54. The minimum atomic E-state index is 0.101. The van der Waals surface area contributed by atoms with E-state index < -0.39 is 0 Å². The maximum absolute atomic E-state index is 6.06. The van der Waals surface area contributed by atoms with Crippen molar-refractivity contribution in [3.63, 3.8) is 0 Å². The van der Waals surface area contributed by atoms with Gasteiger partial charge in [0.15, 0.2) is 0 Å². The molecule has 1 aromatic rings. The van der Waals surface area contributed by atoms with Crippen molar-refractivity contribution in [1.82, 2.24) is 4.98 Å². The van der Waals surface area contributed by atoms with E-state index in [9.17, 15) is 0 Å². The molecule has 3 nitrogen and oxygen atoms in total. The quantitative estimate of drug-likeness (QED) is 0.763. The van der Waals surface area contributed by atoms with E-state index in [4.69, 9.17) is 10.5 Å². The molecule has 1 fully saturated rings. The van der Waals surface area contributed by atoms with Crippen LogP contribution in [0.1, 0.15) is 24.4 Å². The summed E-state index contributed by atoms with van der Waals surface area (Å²) in [6.07, 6.45) is 4.19. The van der Waals surface area contributed by atoms with E-state index in [1.54, 1.807) is 13.3 Å². The van der Waals surface area contributed by atoms with Gasteiger partial charge in [0, 0.05) is 17.8 Å². The molecular weight excluding hydrogens is 164 g/mol. The summed E-state index contributed by atoms with van der Waals surface area (Å²) in [5.41, 5.74) is 7.09. The first-order valence-electron chi connectivity index (χ1n) is 4.57. The van der Waals surface area contributed by atoms with Crippen molar-refractivity contribution in [3.05, 3.63) is 23.9 Å². The Kier molecular flexibility index (Phi) is 2.19. The highest BCUT2D eigenvalue weighted by atomic mass is 16.5. The zero-order chi connectivity index (χ0) is 9.26. The van der Waals surface area contributed by atoms with Crippen LogP contribution in [0.25, 0.3) is 0 Å². The molecule has 0 radical (unpaired) electrons. The Labute approximate surface area is 77.9 Å². The van der Waals surface area contributed by atoms with Crippen LogP contribution in [-0.4, -0.2) is 12.1 Å². The van der Waals surface area contributed by atoms with Gasteiger partial charge in [-0.15, -0.1) is 0 Å². The lowest BCUT2D eigenvalue weighted by Crippen LogP contribution is -2.13. The van der Waals surface area contributed by atoms with Gasteiger partial charge in [-0.1, -0.05) is 6.07 Å². The van der Waals surface area contributed by atoms with E-state index in [0.717, 1.165) is 5.56 Å². The van der Waals surface area contributed by atoms with Crippen molar-refractivity contribution in [1.29, 1.82) is 0 Å². The van der Waals surface area contributed by atoms with Crippen LogP contribution >= 0.6 is 0 Å². The molecule has 3 heteroatoms. The summed E-state index contributed by atoms with van der Waals surface area (Å²) in [5, 5.41) is 0. The van der Waals surface area contributed by atoms with E-state index in [1.807, 2.05) is 12.1 Å². The molecule has 1 aromatic heterocycles. The van der Waals surface area contributed by atoms with Crippen molar-refractivity contribution in [2.24, 2.45) is 11.7 Å². The number of nitrogens with zero attached hydrogens (tertiary/aromatic N) is 1. The lowest BCUT2D eigenvalue weighted by Gasteiger charge is -2.13. The van der Waals surface area contributed by atoms with E-state index in [1.165, 1.54) is 12.8 Å². The highest BCUT2D eigenvalue weighted by molar-refractivity contribution is 5.29. The lowest BCUT2D eigenvalue weighted by molar-refractivity contribution is 0.386. The van der Waals surface area contributed by atoms with Crippen LogP contribution < -0.4 is 10.5 Å². The summed E-state index contributed by atoms with van der Waals surface area (Å²) in [6.45, 7) is 0. The Balaban J connectivity index is 2.26. The third-order valence-electron chi connectivity index (χ3n) is 2.48. The molecule has 1 aliphatic carbocycles. The van der Waals surface area contributed by atoms with Gasteiger partial charge in [-0.25, -0.2) is 4.98 Å². The largest absolute Gasteiger partial charge is 0.481 e. The predicted molar refractivity (Wildman–Crippen MR) is 50.4 cm³/mol. The summed E-state index contributed by atoms with van der Waals surface area (Å²) in [5.74, 6) is 1.31. The van der Waals surface area contributed by atoms with Gasteiger partial charge in [0.25, 0.3) is 0 Å². The van der Waals surface area contributed by atoms with Crippen molar-refractivity contribution < 1.29 is 4.74 Å². The monoisotopic (exact) mass is 178 g/mol. The number of methoxy groups -OCH3 is 1. The number of aromatic nitrogens is 1. The molecule has 0 amide bonds. The molecular formula is C10H14N2O. The minimum Gasteiger partial charge on any atom is -0.481 e. The second-order valence-corrected chi connectivity index (χ2v) is 3.47. The number of nitrogens with two attached hydrogens (primary N) is 1. The lowest BCUT2D eigenvalue weighted by atomic mass is 10.1. The topological polar surface area (TPSA) is 48.1 Å². The van der Waals surface area contributed by atoms with Gasteiger partial charge in [-0.05, 0) is 24.8 Å². The molecule has 2 N–H and O–H groups in total. The summed E-state index contributed by atoms with van der Waals surface area (Å²) in [6, 6.07) is 4.00. The Hall–Kier alpha value is -1.09. The zero-order valence-corrected chi connectivity index (χ0v) is 7.73. The van der Waals surface area contributed by atoms with Gasteiger partial charge in [0.2, 0.25) is 5.88 Å². The average molecular weight is 178 g/mol. The first-order valence-corrected chi connectivity index (χ1v) is 4.57. The number of ether oxygens (including phenoxy) is 1.